The lowest BCUT2D eigenvalue weighted by atomic mass is 9.98. The van der Waals surface area contributed by atoms with E-state index in [9.17, 15) is 5.26 Å². The minimum atomic E-state index is 0.649. The molecule has 250 valence electrons. The molecule has 6 aromatic rings. The number of aromatic nitrogens is 2. The van der Waals surface area contributed by atoms with Gasteiger partial charge < -0.3 is 0 Å². The van der Waals surface area contributed by atoms with Crippen LogP contribution in [0.4, 0.5) is 17.1 Å². The average Bonchev–Trinajstić information content (AvgIpc) is 3.98. The van der Waals surface area contributed by atoms with Crippen molar-refractivity contribution in [1.82, 2.24) is 8.75 Å². The fourth-order valence-corrected chi connectivity index (χ4v) is 10.2. The standard InChI is InChI=1S/C40H36N6S4/c1-4-6-8-10-12-28-22-31(47-39(28)26-16-14-25(24-41)15-17-26)33-35-37(45-49-43-35)34(38-36(33)44-50-46-38)32-23-29(13-11-9-7-5-2)40(48-32)27-18-20-30(42-3)21-19-27/h14-23H,4-13H2,1-2H3. The molecule has 10 heteroatoms. The van der Waals surface area contributed by atoms with Gasteiger partial charge in [0.1, 0.15) is 22.4 Å². The molecule has 0 radical (unpaired) electrons. The average molecular weight is 729 g/mol. The molecule has 3 aromatic carbocycles. The van der Waals surface area contributed by atoms with Crippen LogP contribution in [0, 0.1) is 17.9 Å². The van der Waals surface area contributed by atoms with Crippen LogP contribution in [0.5, 0.6) is 0 Å². The second kappa shape index (κ2) is 15.7. The van der Waals surface area contributed by atoms with Crippen molar-refractivity contribution >= 4 is 73.9 Å². The largest absolute Gasteiger partial charge is 0.238 e. The van der Waals surface area contributed by atoms with E-state index in [0.717, 1.165) is 80.1 Å². The number of rotatable bonds is 14. The van der Waals surface area contributed by atoms with E-state index >= 15 is 0 Å². The maximum atomic E-state index is 9.41. The summed E-state index contributed by atoms with van der Waals surface area (Å²) in [6, 6.07) is 22.8. The van der Waals surface area contributed by atoms with Crippen molar-refractivity contribution in [3.05, 3.63) is 88.8 Å². The highest BCUT2D eigenvalue weighted by Gasteiger charge is 2.29. The van der Waals surface area contributed by atoms with Crippen molar-refractivity contribution in [3.63, 3.8) is 0 Å². The minimum absolute atomic E-state index is 0.649. The molecule has 0 unspecified atom stereocenters. The lowest BCUT2D eigenvalue weighted by Gasteiger charge is -2.09. The Kier molecular flexibility index (Phi) is 10.7. The Labute approximate surface area is 309 Å². The molecule has 50 heavy (non-hydrogen) atoms. The van der Waals surface area contributed by atoms with Gasteiger partial charge in [0.05, 0.1) is 41.3 Å². The Bertz CT molecular complexity index is 2150. The van der Waals surface area contributed by atoms with Crippen LogP contribution in [-0.2, 0) is 24.2 Å². The first kappa shape index (κ1) is 34.1. The van der Waals surface area contributed by atoms with E-state index in [1.165, 1.54) is 82.5 Å². The summed E-state index contributed by atoms with van der Waals surface area (Å²) in [5.41, 5.74) is 11.7. The molecule has 0 saturated carbocycles. The van der Waals surface area contributed by atoms with Gasteiger partial charge in [-0.25, -0.2) is 4.85 Å². The zero-order valence-electron chi connectivity index (χ0n) is 28.2. The van der Waals surface area contributed by atoms with E-state index < -0.39 is 0 Å². The lowest BCUT2D eigenvalue weighted by molar-refractivity contribution is 0.668. The van der Waals surface area contributed by atoms with E-state index in [1.807, 2.05) is 24.3 Å². The smallest absolute Gasteiger partial charge is 0.187 e. The van der Waals surface area contributed by atoms with E-state index in [-0.39, 0.29) is 0 Å². The van der Waals surface area contributed by atoms with Crippen LogP contribution < -0.4 is 0 Å². The van der Waals surface area contributed by atoms with Gasteiger partial charge in [-0.15, -0.1) is 22.7 Å². The first-order valence-electron chi connectivity index (χ1n) is 17.3. The van der Waals surface area contributed by atoms with Gasteiger partial charge in [0.2, 0.25) is 0 Å². The van der Waals surface area contributed by atoms with Crippen LogP contribution in [-0.4, -0.2) is 8.75 Å². The Hall–Kier alpha value is -4.32. The highest BCUT2D eigenvalue weighted by molar-refractivity contribution is 7.58. The Morgan fingerprint density at radius 1 is 0.680 bits per heavy atom. The van der Waals surface area contributed by atoms with Crippen molar-refractivity contribution in [2.24, 2.45) is 8.73 Å². The van der Waals surface area contributed by atoms with Gasteiger partial charge in [-0.1, -0.05) is 88.8 Å². The van der Waals surface area contributed by atoms with Gasteiger partial charge in [0.25, 0.3) is 0 Å². The van der Waals surface area contributed by atoms with Crippen molar-refractivity contribution in [3.8, 4) is 47.8 Å². The predicted octanol–water partition coefficient (Wildman–Crippen LogP) is 13.9. The lowest BCUT2D eigenvalue weighted by Crippen LogP contribution is -1.87. The van der Waals surface area contributed by atoms with Crippen LogP contribution in [0.2, 0.25) is 0 Å². The highest BCUT2D eigenvalue weighted by Crippen LogP contribution is 2.55. The molecular weight excluding hydrogens is 693 g/mol. The third kappa shape index (κ3) is 6.86. The molecule has 0 N–H and O–H groups in total. The number of unbranched alkanes of at least 4 members (excludes halogenated alkanes) is 6. The summed E-state index contributed by atoms with van der Waals surface area (Å²) < 4.78 is 19.7. The summed E-state index contributed by atoms with van der Waals surface area (Å²) >= 11 is 6.04. The Balaban J connectivity index is 1.35. The predicted molar refractivity (Wildman–Crippen MR) is 213 cm³/mol. The molecule has 0 saturated heterocycles. The molecule has 0 atom stereocenters. The van der Waals surface area contributed by atoms with Crippen LogP contribution in [0.15, 0.2) is 69.4 Å². The molecule has 0 fully saturated rings. The third-order valence-electron chi connectivity index (χ3n) is 9.17. The number of thiophene rings is 2. The molecule has 0 amide bonds. The molecule has 3 aromatic heterocycles. The zero-order valence-corrected chi connectivity index (χ0v) is 31.4. The summed E-state index contributed by atoms with van der Waals surface area (Å²) in [5, 5.41) is 9.41. The van der Waals surface area contributed by atoms with Gasteiger partial charge >= 0.3 is 0 Å². The van der Waals surface area contributed by atoms with Crippen molar-refractivity contribution < 1.29 is 0 Å². The quantitative estimate of drug-likeness (QED) is 0.0826. The van der Waals surface area contributed by atoms with Crippen LogP contribution in [0.1, 0.15) is 81.9 Å². The van der Waals surface area contributed by atoms with E-state index in [2.05, 4.69) is 61.2 Å². The zero-order chi connectivity index (χ0) is 34.5. The van der Waals surface area contributed by atoms with E-state index in [0.29, 0.717) is 11.3 Å². The van der Waals surface area contributed by atoms with Crippen LogP contribution >= 0.6 is 34.4 Å². The van der Waals surface area contributed by atoms with Crippen LogP contribution in [0.3, 0.4) is 0 Å². The molecule has 4 heterocycles. The highest BCUT2D eigenvalue weighted by atomic mass is 32.1. The second-order valence-electron chi connectivity index (χ2n) is 12.6. The molecule has 0 spiro atoms. The SMILES string of the molecule is [C-]#[N+]c1ccc(-c2sc(-c3c4c(c(-c5cc(CCCCCC)c(-c6ccc(C#N)cc6)s5)c5nsnc35)N=S=N4)cc2CCCCCC)cc1. The summed E-state index contributed by atoms with van der Waals surface area (Å²) in [4.78, 5) is 8.33. The fourth-order valence-electron chi connectivity index (χ4n) is 6.56. The maximum absolute atomic E-state index is 9.41. The third-order valence-corrected chi connectivity index (χ3v) is 12.7. The van der Waals surface area contributed by atoms with Crippen LogP contribution in [0.25, 0.3) is 57.6 Å². The topological polar surface area (TPSA) is 78.6 Å². The number of benzene rings is 3. The summed E-state index contributed by atoms with van der Waals surface area (Å²) in [6.07, 6.45) is 11.6. The number of hydrogen-bond acceptors (Lipinski definition) is 8. The van der Waals surface area contributed by atoms with Gasteiger partial charge in [-0.3, -0.25) is 0 Å². The molecule has 7 rings (SSSR count). The molecule has 0 aliphatic carbocycles. The molecule has 1 aliphatic rings. The number of nitrogens with zero attached hydrogens (tertiary/aromatic N) is 6. The number of nitriles is 1. The molecule has 6 nitrogen and oxygen atoms in total. The summed E-state index contributed by atoms with van der Waals surface area (Å²) in [7, 11) is 0. The number of hydrogen-bond donors (Lipinski definition) is 0. The van der Waals surface area contributed by atoms with Crippen molar-refractivity contribution in [1.29, 1.82) is 5.26 Å². The number of fused-ring (bicyclic) bond motifs is 2. The molecular formula is C40H36N6S4. The number of aryl methyl sites for hydroxylation is 2. The second-order valence-corrected chi connectivity index (χ2v) is 15.7. The fraction of sp³-hybridized carbons (Fsp3) is 0.300. The minimum Gasteiger partial charge on any atom is -0.238 e. The van der Waals surface area contributed by atoms with Crippen molar-refractivity contribution in [2.75, 3.05) is 0 Å². The van der Waals surface area contributed by atoms with Crippen molar-refractivity contribution in [2.45, 2.75) is 78.1 Å². The monoisotopic (exact) mass is 728 g/mol. The summed E-state index contributed by atoms with van der Waals surface area (Å²) in [5.74, 6) is 0. The van der Waals surface area contributed by atoms with Gasteiger partial charge in [0, 0.05) is 30.6 Å². The normalized spacial score (nSPS) is 11.8. The van der Waals surface area contributed by atoms with Gasteiger partial charge in [0.15, 0.2) is 5.69 Å². The van der Waals surface area contributed by atoms with Gasteiger partial charge in [-0.05, 0) is 72.2 Å². The molecule has 1 aliphatic heterocycles. The first-order valence-corrected chi connectivity index (χ1v) is 20.4. The first-order chi connectivity index (χ1) is 24.6. The maximum Gasteiger partial charge on any atom is 0.187 e. The summed E-state index contributed by atoms with van der Waals surface area (Å²) in [6.45, 7) is 11.9. The Morgan fingerprint density at radius 3 is 1.64 bits per heavy atom. The molecule has 0 bridgehead atoms. The Morgan fingerprint density at radius 2 is 1.18 bits per heavy atom. The van der Waals surface area contributed by atoms with E-state index in [4.69, 9.17) is 24.0 Å². The van der Waals surface area contributed by atoms with E-state index in [1.54, 1.807) is 22.7 Å². The van der Waals surface area contributed by atoms with Gasteiger partial charge in [-0.2, -0.15) is 22.7 Å².